The molecule has 8 heteroatoms. The quantitative estimate of drug-likeness (QED) is 0.541. The Morgan fingerprint density at radius 3 is 2.40 bits per heavy atom. The van der Waals surface area contributed by atoms with Gasteiger partial charge in [0, 0.05) is 24.3 Å². The molecule has 2 aromatic carbocycles. The van der Waals surface area contributed by atoms with Crippen LogP contribution in [-0.2, 0) is 9.59 Å². The first-order valence-corrected chi connectivity index (χ1v) is 8.92. The average molecular weight is 407 g/mol. The first-order chi connectivity index (χ1) is 14.4. The summed E-state index contributed by atoms with van der Waals surface area (Å²) in [5, 5.41) is 7.47. The Morgan fingerprint density at radius 2 is 1.73 bits per heavy atom. The summed E-state index contributed by atoms with van der Waals surface area (Å²) in [6.07, 6.45) is 2.80. The highest BCUT2D eigenvalue weighted by molar-refractivity contribution is 6.10. The summed E-state index contributed by atoms with van der Waals surface area (Å²) < 4.78 is 19.1. The second-order valence-corrected chi connectivity index (χ2v) is 6.22. The van der Waals surface area contributed by atoms with Gasteiger partial charge in [-0.25, -0.2) is 4.39 Å². The van der Waals surface area contributed by atoms with Crippen molar-refractivity contribution in [3.05, 3.63) is 89.8 Å². The Morgan fingerprint density at radius 1 is 0.967 bits per heavy atom. The largest absolute Gasteiger partial charge is 0.465 e. The number of carbonyl (C=O) groups excluding carboxylic acids is 3. The van der Waals surface area contributed by atoms with Crippen LogP contribution in [0.15, 0.2) is 77.0 Å². The molecule has 152 valence electrons. The van der Waals surface area contributed by atoms with Crippen LogP contribution in [0.5, 0.6) is 0 Å². The molecule has 0 fully saturated rings. The second-order valence-electron chi connectivity index (χ2n) is 6.22. The fraction of sp³-hybridized carbons (Fsp3) is 0.0455. The molecule has 0 saturated heterocycles. The summed E-state index contributed by atoms with van der Waals surface area (Å²) >= 11 is 0. The van der Waals surface area contributed by atoms with Crippen molar-refractivity contribution in [2.45, 2.75) is 6.92 Å². The smallest absolute Gasteiger partial charge is 0.272 e. The summed E-state index contributed by atoms with van der Waals surface area (Å²) in [5.74, 6) is -1.89. The van der Waals surface area contributed by atoms with Crippen molar-refractivity contribution in [3.63, 3.8) is 0 Å². The van der Waals surface area contributed by atoms with Gasteiger partial charge in [0.1, 0.15) is 17.3 Å². The van der Waals surface area contributed by atoms with E-state index in [9.17, 15) is 18.8 Å². The number of hydrogen-bond acceptors (Lipinski definition) is 4. The van der Waals surface area contributed by atoms with Crippen LogP contribution in [0.25, 0.3) is 6.08 Å². The summed E-state index contributed by atoms with van der Waals surface area (Å²) in [4.78, 5) is 36.5. The van der Waals surface area contributed by atoms with E-state index in [1.165, 1.54) is 31.4 Å². The third-order valence-corrected chi connectivity index (χ3v) is 3.89. The summed E-state index contributed by atoms with van der Waals surface area (Å²) in [6, 6.07) is 15.4. The van der Waals surface area contributed by atoms with E-state index in [1.54, 1.807) is 42.5 Å². The monoisotopic (exact) mass is 407 g/mol. The van der Waals surface area contributed by atoms with Gasteiger partial charge in [-0.05, 0) is 42.5 Å². The fourth-order valence-corrected chi connectivity index (χ4v) is 2.54. The summed E-state index contributed by atoms with van der Waals surface area (Å²) in [5.41, 5.74) is 0.434. The second kappa shape index (κ2) is 9.33. The van der Waals surface area contributed by atoms with Gasteiger partial charge in [0.2, 0.25) is 5.91 Å². The molecule has 1 heterocycles. The van der Waals surface area contributed by atoms with Crippen LogP contribution in [0.4, 0.5) is 15.8 Å². The topological polar surface area (TPSA) is 100 Å². The maximum absolute atomic E-state index is 13.8. The van der Waals surface area contributed by atoms with Crippen LogP contribution in [0.2, 0.25) is 0 Å². The van der Waals surface area contributed by atoms with Crippen LogP contribution in [0.3, 0.4) is 0 Å². The molecule has 7 nitrogen and oxygen atoms in total. The molecule has 0 spiro atoms. The zero-order valence-corrected chi connectivity index (χ0v) is 15.9. The van der Waals surface area contributed by atoms with Gasteiger partial charge in [0.25, 0.3) is 11.8 Å². The van der Waals surface area contributed by atoms with Crippen LogP contribution >= 0.6 is 0 Å². The van der Waals surface area contributed by atoms with Crippen LogP contribution in [0, 0.1) is 5.82 Å². The Balaban J connectivity index is 1.84. The Bertz CT molecular complexity index is 1090. The molecule has 3 rings (SSSR count). The number of halogens is 1. The van der Waals surface area contributed by atoms with Crippen molar-refractivity contribution in [3.8, 4) is 0 Å². The van der Waals surface area contributed by atoms with Gasteiger partial charge in [0.15, 0.2) is 0 Å². The number of furan rings is 1. The SMILES string of the molecule is CC(=O)Nc1cc(NC(=O)C(=Cc2ccco2)NC(=O)c2ccccc2)ccc1F. The van der Waals surface area contributed by atoms with Crippen molar-refractivity contribution in [2.75, 3.05) is 10.6 Å². The van der Waals surface area contributed by atoms with Gasteiger partial charge in [-0.15, -0.1) is 0 Å². The number of carbonyl (C=O) groups is 3. The predicted molar refractivity (Wildman–Crippen MR) is 110 cm³/mol. The maximum Gasteiger partial charge on any atom is 0.272 e. The molecule has 0 aliphatic heterocycles. The molecule has 0 radical (unpaired) electrons. The van der Waals surface area contributed by atoms with Crippen molar-refractivity contribution in [1.29, 1.82) is 0 Å². The van der Waals surface area contributed by atoms with E-state index in [2.05, 4.69) is 16.0 Å². The minimum absolute atomic E-state index is 0.0785. The molecular weight excluding hydrogens is 389 g/mol. The minimum Gasteiger partial charge on any atom is -0.465 e. The molecule has 3 N–H and O–H groups in total. The zero-order valence-electron chi connectivity index (χ0n) is 15.9. The lowest BCUT2D eigenvalue weighted by molar-refractivity contribution is -0.114. The highest BCUT2D eigenvalue weighted by Crippen LogP contribution is 2.20. The minimum atomic E-state index is -0.656. The van der Waals surface area contributed by atoms with E-state index in [4.69, 9.17) is 4.42 Å². The summed E-state index contributed by atoms with van der Waals surface area (Å²) in [6.45, 7) is 1.24. The Labute approximate surface area is 171 Å². The average Bonchev–Trinajstić information content (AvgIpc) is 3.23. The lowest BCUT2D eigenvalue weighted by Crippen LogP contribution is -2.30. The zero-order chi connectivity index (χ0) is 21.5. The molecule has 0 aliphatic rings. The lowest BCUT2D eigenvalue weighted by Gasteiger charge is -2.12. The molecule has 0 unspecified atom stereocenters. The Hall–Kier alpha value is -4.20. The first kappa shape index (κ1) is 20.5. The number of rotatable bonds is 6. The van der Waals surface area contributed by atoms with Crippen LogP contribution in [-0.4, -0.2) is 17.7 Å². The van der Waals surface area contributed by atoms with Gasteiger partial charge in [-0.3, -0.25) is 14.4 Å². The van der Waals surface area contributed by atoms with E-state index in [0.717, 1.165) is 6.07 Å². The van der Waals surface area contributed by atoms with Crippen molar-refractivity contribution in [2.24, 2.45) is 0 Å². The normalized spacial score (nSPS) is 10.9. The maximum atomic E-state index is 13.8. The number of nitrogens with one attached hydrogen (secondary N) is 3. The van der Waals surface area contributed by atoms with E-state index >= 15 is 0 Å². The number of hydrogen-bond donors (Lipinski definition) is 3. The van der Waals surface area contributed by atoms with Crippen molar-refractivity contribution < 1.29 is 23.2 Å². The summed E-state index contributed by atoms with van der Waals surface area (Å²) in [7, 11) is 0. The molecule has 3 amide bonds. The molecular formula is C22H18FN3O4. The third-order valence-electron chi connectivity index (χ3n) is 3.89. The van der Waals surface area contributed by atoms with Crippen LogP contribution < -0.4 is 16.0 Å². The standard InChI is InChI=1S/C22H18FN3O4/c1-14(27)24-19-12-16(9-10-18(19)23)25-22(29)20(13-17-8-5-11-30-17)26-21(28)15-6-3-2-4-7-15/h2-13H,1H3,(H,24,27)(H,25,29)(H,26,28). The predicted octanol–water partition coefficient (Wildman–Crippen LogP) is 3.79. The van der Waals surface area contributed by atoms with Crippen molar-refractivity contribution in [1.82, 2.24) is 5.32 Å². The van der Waals surface area contributed by atoms with Gasteiger partial charge in [-0.1, -0.05) is 18.2 Å². The van der Waals surface area contributed by atoms with Gasteiger partial charge < -0.3 is 20.4 Å². The molecule has 30 heavy (non-hydrogen) atoms. The number of benzene rings is 2. The van der Waals surface area contributed by atoms with Gasteiger partial charge in [0.05, 0.1) is 12.0 Å². The van der Waals surface area contributed by atoms with Gasteiger partial charge in [-0.2, -0.15) is 0 Å². The van der Waals surface area contributed by atoms with Gasteiger partial charge >= 0.3 is 0 Å². The number of amides is 3. The highest BCUT2D eigenvalue weighted by atomic mass is 19.1. The van der Waals surface area contributed by atoms with Crippen molar-refractivity contribution >= 4 is 35.2 Å². The van der Waals surface area contributed by atoms with Crippen LogP contribution in [0.1, 0.15) is 23.0 Å². The van der Waals surface area contributed by atoms with E-state index in [0.29, 0.717) is 11.3 Å². The molecule has 0 saturated carbocycles. The first-order valence-electron chi connectivity index (χ1n) is 8.92. The van der Waals surface area contributed by atoms with E-state index < -0.39 is 23.5 Å². The fourth-order valence-electron chi connectivity index (χ4n) is 2.54. The highest BCUT2D eigenvalue weighted by Gasteiger charge is 2.16. The third kappa shape index (κ3) is 5.41. The van der Waals surface area contributed by atoms with E-state index in [1.807, 2.05) is 0 Å². The Kier molecular flexibility index (Phi) is 6.39. The number of anilines is 2. The molecule has 0 aliphatic carbocycles. The molecule has 0 atom stereocenters. The molecule has 0 bridgehead atoms. The molecule has 3 aromatic rings. The molecule has 1 aromatic heterocycles. The lowest BCUT2D eigenvalue weighted by atomic mass is 10.2. The van der Waals surface area contributed by atoms with E-state index in [-0.39, 0.29) is 17.1 Å².